The van der Waals surface area contributed by atoms with Crippen LogP contribution in [0.2, 0.25) is 10.0 Å². The minimum Gasteiger partial charge on any atom is -0.387 e. The molecule has 1 aromatic carbocycles. The highest BCUT2D eigenvalue weighted by molar-refractivity contribution is 6.42. The van der Waals surface area contributed by atoms with Gasteiger partial charge in [0.2, 0.25) is 0 Å². The highest BCUT2D eigenvalue weighted by Gasteiger charge is 2.60. The van der Waals surface area contributed by atoms with E-state index in [4.69, 9.17) is 23.2 Å². The third kappa shape index (κ3) is 3.67. The van der Waals surface area contributed by atoms with Gasteiger partial charge in [-0.1, -0.05) is 35.3 Å². The van der Waals surface area contributed by atoms with E-state index in [1.54, 1.807) is 0 Å². The number of benzene rings is 1. The highest BCUT2D eigenvalue weighted by atomic mass is 35.5. The van der Waals surface area contributed by atoms with Crippen LogP contribution in [0.5, 0.6) is 0 Å². The van der Waals surface area contributed by atoms with Crippen molar-refractivity contribution in [3.8, 4) is 0 Å². The zero-order valence-corrected chi connectivity index (χ0v) is 10.4. The van der Waals surface area contributed by atoms with Crippen LogP contribution in [0.25, 0.3) is 0 Å². The Hall–Kier alpha value is -0.660. The summed E-state index contributed by atoms with van der Waals surface area (Å²) in [5, 5.41) is 8.58. The number of alkyl halides is 6. The van der Waals surface area contributed by atoms with Gasteiger partial charge in [-0.3, -0.25) is 0 Å². The molecule has 0 amide bonds. The summed E-state index contributed by atoms with van der Waals surface area (Å²) >= 11 is 11.0. The molecular formula is C10H6Cl2F6O. The fourth-order valence-electron chi connectivity index (χ4n) is 1.47. The Bertz CT molecular complexity index is 442. The van der Waals surface area contributed by atoms with Gasteiger partial charge in [0.15, 0.2) is 5.92 Å². The number of halogens is 8. The Morgan fingerprint density at radius 2 is 1.42 bits per heavy atom. The Balaban J connectivity index is 3.28. The summed E-state index contributed by atoms with van der Waals surface area (Å²) in [7, 11) is 0. The van der Waals surface area contributed by atoms with Crippen LogP contribution in [0.1, 0.15) is 11.7 Å². The van der Waals surface area contributed by atoms with Gasteiger partial charge in [-0.25, -0.2) is 0 Å². The molecule has 0 fully saturated rings. The molecule has 0 radical (unpaired) electrons. The summed E-state index contributed by atoms with van der Waals surface area (Å²) in [4.78, 5) is 0. The summed E-state index contributed by atoms with van der Waals surface area (Å²) in [6, 6.07) is 3.12. The van der Waals surface area contributed by atoms with Crippen molar-refractivity contribution in [2.75, 3.05) is 0 Å². The van der Waals surface area contributed by atoms with Gasteiger partial charge in [0, 0.05) is 5.56 Å². The molecule has 1 N–H and O–H groups in total. The SMILES string of the molecule is OC(c1cccc(Cl)c1Cl)C(C(F)(F)F)C(F)(F)F. The predicted octanol–water partition coefficient (Wildman–Crippen LogP) is 4.77. The summed E-state index contributed by atoms with van der Waals surface area (Å²) in [5.41, 5.74) is -0.728. The maximum atomic E-state index is 12.4. The second-order valence-corrected chi connectivity index (χ2v) is 4.43. The normalized spacial score (nSPS) is 14.8. The van der Waals surface area contributed by atoms with Gasteiger partial charge in [0.25, 0.3) is 0 Å². The summed E-state index contributed by atoms with van der Waals surface area (Å²) < 4.78 is 74.6. The van der Waals surface area contributed by atoms with Crippen molar-refractivity contribution in [1.82, 2.24) is 0 Å². The van der Waals surface area contributed by atoms with E-state index in [0.29, 0.717) is 0 Å². The van der Waals surface area contributed by atoms with Crippen molar-refractivity contribution >= 4 is 23.2 Å². The molecule has 108 valence electrons. The number of hydrogen-bond donors (Lipinski definition) is 1. The molecule has 1 unspecified atom stereocenters. The Morgan fingerprint density at radius 3 is 1.84 bits per heavy atom. The molecule has 0 spiro atoms. The molecule has 1 aromatic rings. The average molecular weight is 327 g/mol. The number of aliphatic hydroxyl groups excluding tert-OH is 1. The standard InChI is InChI=1S/C10H6Cl2F6O/c11-5-3-1-2-4(6(5)12)7(19)8(9(13,14)15)10(16,17)18/h1-3,7-8,19H. The van der Waals surface area contributed by atoms with Gasteiger partial charge < -0.3 is 5.11 Å². The number of rotatable bonds is 2. The first-order valence-electron chi connectivity index (χ1n) is 4.71. The van der Waals surface area contributed by atoms with Gasteiger partial charge >= 0.3 is 12.4 Å². The fraction of sp³-hybridized carbons (Fsp3) is 0.400. The molecule has 0 aliphatic rings. The van der Waals surface area contributed by atoms with Gasteiger partial charge in [-0.05, 0) is 6.07 Å². The zero-order valence-electron chi connectivity index (χ0n) is 8.86. The van der Waals surface area contributed by atoms with E-state index < -0.39 is 35.0 Å². The van der Waals surface area contributed by atoms with Crippen molar-refractivity contribution < 1.29 is 31.4 Å². The van der Waals surface area contributed by atoms with E-state index in [2.05, 4.69) is 0 Å². The zero-order chi connectivity index (χ0) is 15.0. The van der Waals surface area contributed by atoms with Crippen molar-refractivity contribution in [1.29, 1.82) is 0 Å². The van der Waals surface area contributed by atoms with Crippen LogP contribution < -0.4 is 0 Å². The van der Waals surface area contributed by atoms with Crippen molar-refractivity contribution in [2.45, 2.75) is 18.5 Å². The lowest BCUT2D eigenvalue weighted by atomic mass is 9.94. The van der Waals surface area contributed by atoms with Crippen LogP contribution >= 0.6 is 23.2 Å². The maximum absolute atomic E-state index is 12.4. The van der Waals surface area contributed by atoms with E-state index in [0.717, 1.165) is 12.1 Å². The summed E-state index contributed by atoms with van der Waals surface area (Å²) in [6.07, 6.45) is -14.2. The Labute approximate surface area is 113 Å². The van der Waals surface area contributed by atoms with E-state index in [-0.39, 0.29) is 5.02 Å². The Morgan fingerprint density at radius 1 is 0.947 bits per heavy atom. The molecule has 0 heterocycles. The maximum Gasteiger partial charge on any atom is 0.403 e. The molecule has 0 aliphatic carbocycles. The van der Waals surface area contributed by atoms with Crippen LogP contribution in [0.15, 0.2) is 18.2 Å². The van der Waals surface area contributed by atoms with Crippen LogP contribution in [0.3, 0.4) is 0 Å². The topological polar surface area (TPSA) is 20.2 Å². The molecule has 0 saturated carbocycles. The monoisotopic (exact) mass is 326 g/mol. The third-order valence-corrected chi connectivity index (χ3v) is 3.15. The molecule has 1 atom stereocenters. The van der Waals surface area contributed by atoms with Gasteiger partial charge in [0.1, 0.15) is 6.10 Å². The third-order valence-electron chi connectivity index (χ3n) is 2.32. The first-order chi connectivity index (χ1) is 8.46. The molecule has 0 saturated heterocycles. The summed E-state index contributed by atoms with van der Waals surface area (Å²) in [5.74, 6) is -3.93. The average Bonchev–Trinajstić information content (AvgIpc) is 2.17. The van der Waals surface area contributed by atoms with Gasteiger partial charge in [-0.2, -0.15) is 26.3 Å². The van der Waals surface area contributed by atoms with Gasteiger partial charge in [0.05, 0.1) is 10.0 Å². The van der Waals surface area contributed by atoms with Crippen molar-refractivity contribution in [2.24, 2.45) is 5.92 Å². The second kappa shape index (κ2) is 5.38. The van der Waals surface area contributed by atoms with Crippen LogP contribution in [0, 0.1) is 5.92 Å². The van der Waals surface area contributed by atoms with E-state index in [9.17, 15) is 31.4 Å². The molecule has 1 nitrogen and oxygen atoms in total. The molecule has 9 heteroatoms. The van der Waals surface area contributed by atoms with Crippen LogP contribution in [-0.4, -0.2) is 17.5 Å². The molecule has 0 bridgehead atoms. The Kier molecular flexibility index (Phi) is 4.64. The molecule has 1 rings (SSSR count). The van der Waals surface area contributed by atoms with E-state index in [1.807, 2.05) is 0 Å². The predicted molar refractivity (Wildman–Crippen MR) is 57.0 cm³/mol. The van der Waals surface area contributed by atoms with Crippen LogP contribution in [0.4, 0.5) is 26.3 Å². The smallest absolute Gasteiger partial charge is 0.387 e. The molecule has 0 aromatic heterocycles. The molecule has 0 aliphatic heterocycles. The van der Waals surface area contributed by atoms with Crippen molar-refractivity contribution in [3.63, 3.8) is 0 Å². The number of aliphatic hydroxyl groups is 1. The van der Waals surface area contributed by atoms with Crippen LogP contribution in [-0.2, 0) is 0 Å². The first kappa shape index (κ1) is 16.4. The van der Waals surface area contributed by atoms with E-state index in [1.165, 1.54) is 6.07 Å². The lowest BCUT2D eigenvalue weighted by molar-refractivity contribution is -0.307. The second-order valence-electron chi connectivity index (χ2n) is 3.65. The molecule has 19 heavy (non-hydrogen) atoms. The first-order valence-corrected chi connectivity index (χ1v) is 5.47. The number of hydrogen-bond acceptors (Lipinski definition) is 1. The quantitative estimate of drug-likeness (QED) is 0.776. The van der Waals surface area contributed by atoms with Gasteiger partial charge in [-0.15, -0.1) is 0 Å². The fourth-order valence-corrected chi connectivity index (χ4v) is 1.89. The minimum absolute atomic E-state index is 0.249. The largest absolute Gasteiger partial charge is 0.403 e. The molecular weight excluding hydrogens is 321 g/mol. The lowest BCUT2D eigenvalue weighted by Gasteiger charge is -2.28. The lowest BCUT2D eigenvalue weighted by Crippen LogP contribution is -2.41. The summed E-state index contributed by atoms with van der Waals surface area (Å²) in [6.45, 7) is 0. The van der Waals surface area contributed by atoms with E-state index >= 15 is 0 Å². The highest BCUT2D eigenvalue weighted by Crippen LogP contribution is 2.48. The van der Waals surface area contributed by atoms with Crippen molar-refractivity contribution in [3.05, 3.63) is 33.8 Å². The minimum atomic E-state index is -5.66.